The molecule has 0 atom stereocenters. The molecule has 2 heterocycles. The molecule has 11 nitrogen and oxygen atoms in total. The molecule has 0 aliphatic carbocycles. The Balaban J connectivity index is 1.35. The quantitative estimate of drug-likeness (QED) is 0.0896. The third-order valence-corrected chi connectivity index (χ3v) is 10.1. The number of aromatic nitrogens is 2. The Morgan fingerprint density at radius 3 is 2.47 bits per heavy atom. The summed E-state index contributed by atoms with van der Waals surface area (Å²) in [6.07, 6.45) is 2.47. The number of hydrogen-bond donors (Lipinski definition) is 1. The van der Waals surface area contributed by atoms with Gasteiger partial charge in [0.2, 0.25) is 0 Å². The van der Waals surface area contributed by atoms with Crippen LogP contribution in [0.1, 0.15) is 16.9 Å². The van der Waals surface area contributed by atoms with Crippen LogP contribution in [0.15, 0.2) is 113 Å². The summed E-state index contributed by atoms with van der Waals surface area (Å²) in [6, 6.07) is 25.6. The topological polar surface area (TPSA) is 141 Å². The standard InChI is InChI=1S/C36H32ClFN4O7S2/c1-24-6-11-30(12-7-24)51(45,46)49-42(28-9-14-35(32(37)20-28)47-22-25-4-3-5-27(38)18-25)36-31-19-26(8-13-33(31)40-23-41-36)34-15-10-29(48-34)21-39-16-17-50(2,43)44/h3-15,18-20,23,39H,16-17,21-22H2,1-2H3. The first kappa shape index (κ1) is 35.9. The number of fused-ring (bicyclic) bond motifs is 1. The largest absolute Gasteiger partial charge is 0.487 e. The van der Waals surface area contributed by atoms with Crippen LogP contribution in [0.25, 0.3) is 22.2 Å². The smallest absolute Gasteiger partial charge is 0.318 e. The van der Waals surface area contributed by atoms with Gasteiger partial charge in [-0.25, -0.2) is 22.8 Å². The van der Waals surface area contributed by atoms with E-state index in [-0.39, 0.29) is 46.1 Å². The summed E-state index contributed by atoms with van der Waals surface area (Å²) < 4.78 is 81.6. The normalized spacial score (nSPS) is 11.9. The van der Waals surface area contributed by atoms with Crippen LogP contribution >= 0.6 is 11.6 Å². The fourth-order valence-corrected chi connectivity index (χ4v) is 6.68. The second-order valence-electron chi connectivity index (χ2n) is 11.7. The number of rotatable bonds is 14. The van der Waals surface area contributed by atoms with E-state index >= 15 is 0 Å². The highest BCUT2D eigenvalue weighted by Crippen LogP contribution is 2.38. The molecule has 0 saturated heterocycles. The molecule has 0 spiro atoms. The predicted octanol–water partition coefficient (Wildman–Crippen LogP) is 7.16. The zero-order valence-electron chi connectivity index (χ0n) is 27.4. The van der Waals surface area contributed by atoms with E-state index in [4.69, 9.17) is 25.0 Å². The van der Waals surface area contributed by atoms with Gasteiger partial charge in [0.1, 0.15) is 45.9 Å². The minimum absolute atomic E-state index is 0.00208. The summed E-state index contributed by atoms with van der Waals surface area (Å²) in [7, 11) is -7.50. The predicted molar refractivity (Wildman–Crippen MR) is 192 cm³/mol. The van der Waals surface area contributed by atoms with Crippen molar-refractivity contribution in [2.45, 2.75) is 25.0 Å². The molecule has 0 aliphatic heterocycles. The van der Waals surface area contributed by atoms with Crippen LogP contribution in [0.4, 0.5) is 15.9 Å². The van der Waals surface area contributed by atoms with E-state index in [1.54, 1.807) is 66.7 Å². The first-order chi connectivity index (χ1) is 24.3. The average Bonchev–Trinajstić information content (AvgIpc) is 3.57. The van der Waals surface area contributed by atoms with Crippen molar-refractivity contribution >= 4 is 54.0 Å². The van der Waals surface area contributed by atoms with Gasteiger partial charge in [-0.15, -0.1) is 4.28 Å². The number of sulfone groups is 1. The lowest BCUT2D eigenvalue weighted by molar-refractivity contribution is 0.305. The maximum atomic E-state index is 13.7. The van der Waals surface area contributed by atoms with Crippen molar-refractivity contribution < 1.29 is 34.7 Å². The summed E-state index contributed by atoms with van der Waals surface area (Å²) in [5, 5.41) is 4.68. The van der Waals surface area contributed by atoms with E-state index in [0.29, 0.717) is 40.1 Å². The molecule has 6 rings (SSSR count). The molecule has 15 heteroatoms. The molecule has 6 aromatic rings. The molecule has 0 fully saturated rings. The monoisotopic (exact) mass is 750 g/mol. The molecule has 0 radical (unpaired) electrons. The highest BCUT2D eigenvalue weighted by Gasteiger charge is 2.26. The number of anilines is 2. The van der Waals surface area contributed by atoms with Crippen LogP contribution in [-0.4, -0.2) is 45.4 Å². The fraction of sp³-hybridized carbons (Fsp3) is 0.167. The second-order valence-corrected chi connectivity index (χ2v) is 15.9. The van der Waals surface area contributed by atoms with E-state index in [1.807, 2.05) is 6.92 Å². The van der Waals surface area contributed by atoms with Crippen LogP contribution in [0.2, 0.25) is 5.02 Å². The summed E-state index contributed by atoms with van der Waals surface area (Å²) >= 11 is 6.65. The van der Waals surface area contributed by atoms with Gasteiger partial charge in [-0.05, 0) is 85.3 Å². The fourth-order valence-electron chi connectivity index (χ4n) is 5.02. The van der Waals surface area contributed by atoms with Gasteiger partial charge in [-0.1, -0.05) is 41.4 Å². The molecule has 0 bridgehead atoms. The third-order valence-electron chi connectivity index (χ3n) is 7.62. The number of hydrogen-bond acceptors (Lipinski definition) is 11. The van der Waals surface area contributed by atoms with E-state index in [9.17, 15) is 21.2 Å². The highest BCUT2D eigenvalue weighted by atomic mass is 35.5. The SMILES string of the molecule is Cc1ccc(S(=O)(=O)ON(c2ccc(OCc3cccc(F)c3)c(Cl)c2)c2ncnc3ccc(-c4ccc(CNCCS(C)(=O)=O)o4)cc23)cc1. The molecule has 51 heavy (non-hydrogen) atoms. The first-order valence-electron chi connectivity index (χ1n) is 15.6. The highest BCUT2D eigenvalue weighted by molar-refractivity contribution is 7.90. The van der Waals surface area contributed by atoms with Crippen LogP contribution in [0, 0.1) is 12.7 Å². The van der Waals surface area contributed by atoms with Crippen molar-refractivity contribution in [1.29, 1.82) is 0 Å². The Labute approximate surface area is 299 Å². The number of aryl methyl sites for hydroxylation is 1. The van der Waals surface area contributed by atoms with Gasteiger partial charge in [0.05, 0.1) is 33.4 Å². The lowest BCUT2D eigenvalue weighted by atomic mass is 10.1. The van der Waals surface area contributed by atoms with Gasteiger partial charge in [-0.2, -0.15) is 13.5 Å². The molecule has 0 aliphatic rings. The summed E-state index contributed by atoms with van der Waals surface area (Å²) in [5.74, 6) is 1.08. The van der Waals surface area contributed by atoms with E-state index in [1.165, 1.54) is 42.9 Å². The Hall–Kier alpha value is -4.86. The zero-order chi connectivity index (χ0) is 36.2. The Morgan fingerprint density at radius 2 is 1.73 bits per heavy atom. The van der Waals surface area contributed by atoms with Crippen molar-refractivity contribution in [3.8, 4) is 17.1 Å². The van der Waals surface area contributed by atoms with E-state index in [0.717, 1.165) is 10.6 Å². The summed E-state index contributed by atoms with van der Waals surface area (Å²) in [6.45, 7) is 2.48. The minimum Gasteiger partial charge on any atom is -0.487 e. The Morgan fingerprint density at radius 1 is 0.922 bits per heavy atom. The van der Waals surface area contributed by atoms with Crippen molar-refractivity contribution in [2.24, 2.45) is 0 Å². The first-order valence-corrected chi connectivity index (χ1v) is 19.4. The third kappa shape index (κ3) is 9.09. The lowest BCUT2D eigenvalue weighted by Gasteiger charge is -2.24. The number of nitrogens with zero attached hydrogens (tertiary/aromatic N) is 3. The number of halogens is 2. The van der Waals surface area contributed by atoms with Crippen LogP contribution in [-0.2, 0) is 37.4 Å². The van der Waals surface area contributed by atoms with Gasteiger partial charge < -0.3 is 14.5 Å². The van der Waals surface area contributed by atoms with Crippen molar-refractivity contribution in [3.05, 3.63) is 131 Å². The molecule has 1 N–H and O–H groups in total. The second kappa shape index (κ2) is 15.2. The zero-order valence-corrected chi connectivity index (χ0v) is 29.8. The minimum atomic E-state index is -4.40. The molecule has 4 aromatic carbocycles. The van der Waals surface area contributed by atoms with Gasteiger partial charge in [-0.3, -0.25) is 0 Å². The molecular weight excluding hydrogens is 719 g/mol. The molecule has 264 valence electrons. The van der Waals surface area contributed by atoms with E-state index < -0.39 is 25.8 Å². The Bertz CT molecular complexity index is 2410. The lowest BCUT2D eigenvalue weighted by Crippen LogP contribution is -2.24. The Kier molecular flexibility index (Phi) is 10.7. The van der Waals surface area contributed by atoms with Crippen molar-refractivity contribution in [1.82, 2.24) is 15.3 Å². The average molecular weight is 751 g/mol. The molecule has 2 aromatic heterocycles. The number of furan rings is 1. The number of ether oxygens (including phenoxy) is 1. The summed E-state index contributed by atoms with van der Waals surface area (Å²) in [4.78, 5) is 8.75. The van der Waals surface area contributed by atoms with Crippen molar-refractivity contribution in [2.75, 3.05) is 23.6 Å². The molecule has 0 unspecified atom stereocenters. The number of nitrogens with one attached hydrogen (secondary N) is 1. The van der Waals surface area contributed by atoms with Gasteiger partial charge in [0.25, 0.3) is 0 Å². The van der Waals surface area contributed by atoms with Gasteiger partial charge >= 0.3 is 10.1 Å². The van der Waals surface area contributed by atoms with Crippen LogP contribution in [0.3, 0.4) is 0 Å². The molecular formula is C36H32ClFN4O7S2. The van der Waals surface area contributed by atoms with Crippen molar-refractivity contribution in [3.63, 3.8) is 0 Å². The van der Waals surface area contributed by atoms with Crippen LogP contribution in [0.5, 0.6) is 5.75 Å². The van der Waals surface area contributed by atoms with Gasteiger partial charge in [0.15, 0.2) is 5.82 Å². The maximum absolute atomic E-state index is 13.7. The number of benzene rings is 4. The van der Waals surface area contributed by atoms with E-state index in [2.05, 4.69) is 15.3 Å². The molecule has 0 amide bonds. The summed E-state index contributed by atoms with van der Waals surface area (Å²) in [5.41, 5.74) is 2.80. The van der Waals surface area contributed by atoms with Crippen LogP contribution < -0.4 is 15.1 Å². The molecule has 0 saturated carbocycles. The van der Waals surface area contributed by atoms with Gasteiger partial charge in [0, 0.05) is 23.8 Å². The maximum Gasteiger partial charge on any atom is 0.318 e.